The van der Waals surface area contributed by atoms with Crippen molar-refractivity contribution in [2.45, 2.75) is 20.3 Å². The number of fused-ring (bicyclic) bond motifs is 2. The van der Waals surface area contributed by atoms with Gasteiger partial charge in [0.25, 0.3) is 0 Å². The predicted octanol–water partition coefficient (Wildman–Crippen LogP) is 2.73. The molecule has 4 aromatic rings. The van der Waals surface area contributed by atoms with E-state index in [0.29, 0.717) is 7.25 Å². The maximum atomic E-state index is 2.58. The molecule has 0 spiro atoms. The smallest absolute Gasteiger partial charge is 1.00 e. The molecule has 2 unspecified atom stereocenters. The molecule has 0 N–H and O–H groups in total. The van der Waals surface area contributed by atoms with Crippen LogP contribution in [-0.2, 0) is 20.4 Å². The Labute approximate surface area is 235 Å². The van der Waals surface area contributed by atoms with Crippen molar-refractivity contribution in [2.24, 2.45) is 0 Å². The quantitative estimate of drug-likeness (QED) is 0.316. The van der Waals surface area contributed by atoms with E-state index in [4.69, 9.17) is 0 Å². The number of rotatable bonds is 4. The van der Waals surface area contributed by atoms with Gasteiger partial charge < -0.3 is 24.8 Å². The molecule has 0 aromatic heterocycles. The molecule has 36 heavy (non-hydrogen) atoms. The Kier molecular flexibility index (Phi) is 8.74. The maximum Gasteiger partial charge on any atom is -1.00 e. The second kappa shape index (κ2) is 11.6. The first-order valence-electron chi connectivity index (χ1n) is 12.1. The molecule has 0 bridgehead atoms. The van der Waals surface area contributed by atoms with Gasteiger partial charge in [0, 0.05) is 0 Å². The monoisotopic (exact) mass is 600 g/mol. The van der Waals surface area contributed by atoms with Crippen molar-refractivity contribution in [3.8, 4) is 22.3 Å². The Morgan fingerprint density at radius 1 is 0.528 bits per heavy atom. The van der Waals surface area contributed by atoms with Crippen LogP contribution in [0.3, 0.4) is 0 Å². The third-order valence-corrected chi connectivity index (χ3v) is 26.4. The van der Waals surface area contributed by atoms with Crippen LogP contribution in [0.15, 0.2) is 109 Å². The van der Waals surface area contributed by atoms with Gasteiger partial charge in [0.2, 0.25) is 0 Å². The molecular weight excluding hydrogens is 575 g/mol. The zero-order valence-electron chi connectivity index (χ0n) is 20.5. The van der Waals surface area contributed by atoms with Gasteiger partial charge in [0.1, 0.15) is 0 Å². The minimum Gasteiger partial charge on any atom is -1.00 e. The third-order valence-electron chi connectivity index (χ3n) is 7.24. The van der Waals surface area contributed by atoms with E-state index in [0.717, 1.165) is 0 Å². The summed E-state index contributed by atoms with van der Waals surface area (Å²) < 4.78 is 1.32. The fourth-order valence-electron chi connectivity index (χ4n) is 5.58. The van der Waals surface area contributed by atoms with E-state index in [1.54, 1.807) is 11.1 Å². The van der Waals surface area contributed by atoms with Crippen LogP contribution in [0.4, 0.5) is 0 Å². The van der Waals surface area contributed by atoms with Crippen LogP contribution in [0.25, 0.3) is 34.4 Å². The van der Waals surface area contributed by atoms with Crippen LogP contribution >= 0.6 is 0 Å². The first-order valence-corrected chi connectivity index (χ1v) is 21.1. The summed E-state index contributed by atoms with van der Waals surface area (Å²) in [6.07, 6.45) is 9.94. The molecule has 0 saturated carbocycles. The number of hydrogen-bond donors (Lipinski definition) is 0. The average Bonchev–Trinajstić information content (AvgIpc) is 3.49. The van der Waals surface area contributed by atoms with Gasteiger partial charge in [-0.1, -0.05) is 0 Å². The van der Waals surface area contributed by atoms with Gasteiger partial charge in [-0.3, -0.25) is 0 Å². The molecule has 0 nitrogen and oxygen atoms in total. The number of halogens is 2. The van der Waals surface area contributed by atoms with Crippen LogP contribution in [0.5, 0.6) is 0 Å². The van der Waals surface area contributed by atoms with Gasteiger partial charge in [-0.25, -0.2) is 0 Å². The van der Waals surface area contributed by atoms with E-state index in [2.05, 4.69) is 134 Å². The Balaban J connectivity index is 0.00000152. The molecule has 6 rings (SSSR count). The molecule has 0 aliphatic heterocycles. The molecule has 0 fully saturated rings. The number of hydrogen-bond acceptors (Lipinski definition) is 0. The third kappa shape index (κ3) is 5.07. The second-order valence-electron chi connectivity index (χ2n) is 9.55. The number of allylic oxidation sites excluding steroid dienone is 2. The summed E-state index contributed by atoms with van der Waals surface area (Å²) in [4.78, 5) is 0. The summed E-state index contributed by atoms with van der Waals surface area (Å²) in [5.74, 6) is 0. The molecule has 178 valence electrons. The average molecular weight is 603 g/mol. The molecule has 4 aromatic carbocycles. The topological polar surface area (TPSA) is 0 Å². The van der Waals surface area contributed by atoms with E-state index in [9.17, 15) is 0 Å². The molecular formula is C32H28Cl2SiZr. The Morgan fingerprint density at radius 2 is 0.944 bits per heavy atom. The summed E-state index contributed by atoms with van der Waals surface area (Å²) in [5.41, 5.74) is 11.0. The zero-order chi connectivity index (χ0) is 23.1. The predicted molar refractivity (Wildman–Crippen MR) is 145 cm³/mol. The first kappa shape index (κ1) is 27.1. The second-order valence-corrected chi connectivity index (χ2v) is 27.6. The van der Waals surface area contributed by atoms with E-state index >= 15 is 0 Å². The van der Waals surface area contributed by atoms with Crippen molar-refractivity contribution in [3.63, 3.8) is 0 Å². The molecule has 2 atom stereocenters. The van der Waals surface area contributed by atoms with E-state index < -0.39 is 20.4 Å². The maximum absolute atomic E-state index is 2.58. The van der Waals surface area contributed by atoms with Crippen molar-refractivity contribution < 1.29 is 45.2 Å². The van der Waals surface area contributed by atoms with E-state index in [1.807, 2.05) is 0 Å². The molecule has 0 radical (unpaired) electrons. The van der Waals surface area contributed by atoms with Gasteiger partial charge in [-0.2, -0.15) is 0 Å². The summed E-state index contributed by atoms with van der Waals surface area (Å²) in [6, 6.07) is 36.0. The van der Waals surface area contributed by atoms with Crippen LogP contribution in [0.1, 0.15) is 29.5 Å². The minimum absolute atomic E-state index is 0. The molecule has 0 amide bonds. The van der Waals surface area contributed by atoms with E-state index in [-0.39, 0.29) is 30.2 Å². The Bertz CT molecular complexity index is 1360. The summed E-state index contributed by atoms with van der Waals surface area (Å²) >= 11 is -1.93. The zero-order valence-corrected chi connectivity index (χ0v) is 25.4. The molecule has 2 aliphatic carbocycles. The standard InChI is InChI=1S/2C15H11.C2H6Si.2ClH.Zr/c2*1-2-5-12(6-3-1)15-10-9-13-7-4-8-14(13)11-15;1-3-2;;;/h2*1-11H;1-2H3;2*1H;/q;;;;;+2/p-2. The van der Waals surface area contributed by atoms with Crippen LogP contribution in [-0.4, -0.2) is 5.43 Å². The van der Waals surface area contributed by atoms with Crippen molar-refractivity contribution in [3.05, 3.63) is 131 Å². The Morgan fingerprint density at radius 3 is 1.33 bits per heavy atom. The van der Waals surface area contributed by atoms with Gasteiger partial charge >= 0.3 is 212 Å². The molecule has 0 saturated heterocycles. The fourth-order valence-corrected chi connectivity index (χ4v) is 24.3. The fraction of sp³-hybridized carbons (Fsp3) is 0.125. The van der Waals surface area contributed by atoms with Crippen LogP contribution < -0.4 is 24.8 Å². The largest absolute Gasteiger partial charge is 1.00 e. The van der Waals surface area contributed by atoms with Crippen LogP contribution in [0, 0.1) is 0 Å². The minimum atomic E-state index is -1.93. The van der Waals surface area contributed by atoms with E-state index in [1.165, 1.54) is 33.4 Å². The van der Waals surface area contributed by atoms with Gasteiger partial charge in [0.05, 0.1) is 0 Å². The summed E-state index contributed by atoms with van der Waals surface area (Å²) in [6.45, 7) is 5.17. The van der Waals surface area contributed by atoms with Gasteiger partial charge in [-0.05, 0) is 0 Å². The van der Waals surface area contributed by atoms with Crippen molar-refractivity contribution >= 4 is 17.6 Å². The SMILES string of the molecule is C[Si](C)=[Zr+2]([CH]1C=Cc2ccc(-c3ccccc3)cc21)[CH]1C=Cc2ccc(-c3ccccc3)cc21.[Cl-].[Cl-]. The first-order chi connectivity index (χ1) is 16.7. The summed E-state index contributed by atoms with van der Waals surface area (Å²) in [5, 5.41) is 0. The van der Waals surface area contributed by atoms with Gasteiger partial charge in [-0.15, -0.1) is 0 Å². The van der Waals surface area contributed by atoms with Gasteiger partial charge in [0.15, 0.2) is 0 Å². The summed E-state index contributed by atoms with van der Waals surface area (Å²) in [7, 11) is 0. The normalized spacial score (nSPS) is 16.2. The van der Waals surface area contributed by atoms with Crippen LogP contribution in [0.2, 0.25) is 13.1 Å². The van der Waals surface area contributed by atoms with Crippen molar-refractivity contribution in [1.82, 2.24) is 0 Å². The Hall–Kier alpha value is -1.96. The molecule has 4 heteroatoms. The van der Waals surface area contributed by atoms with Crippen molar-refractivity contribution in [1.29, 1.82) is 0 Å². The molecule has 0 heterocycles. The molecule has 2 aliphatic rings. The number of benzene rings is 4. The van der Waals surface area contributed by atoms with Crippen molar-refractivity contribution in [2.75, 3.05) is 0 Å².